The zero-order valence-corrected chi connectivity index (χ0v) is 17.1. The van der Waals surface area contributed by atoms with Gasteiger partial charge >= 0.3 is 0 Å². The first-order chi connectivity index (χ1) is 12.4. The van der Waals surface area contributed by atoms with Crippen molar-refractivity contribution in [2.24, 2.45) is 0 Å². The van der Waals surface area contributed by atoms with E-state index in [0.717, 1.165) is 17.7 Å². The van der Waals surface area contributed by atoms with Crippen molar-refractivity contribution in [2.45, 2.75) is 26.2 Å². The van der Waals surface area contributed by atoms with E-state index in [0.29, 0.717) is 17.2 Å². The number of rotatable bonds is 5. The topological polar surface area (TPSA) is 50.4 Å². The predicted molar refractivity (Wildman–Crippen MR) is 112 cm³/mol. The van der Waals surface area contributed by atoms with Gasteiger partial charge in [0.15, 0.2) is 10.9 Å². The third-order valence-corrected chi connectivity index (χ3v) is 4.81. The van der Waals surface area contributed by atoms with Crippen molar-refractivity contribution in [3.63, 3.8) is 0 Å². The second-order valence-corrected chi connectivity index (χ2v) is 7.00. The Hall–Kier alpha value is -1.82. The normalized spacial score (nSPS) is 11.6. The Balaban J connectivity index is 2.13. The molecule has 0 aromatic heterocycles. The summed E-state index contributed by atoms with van der Waals surface area (Å²) in [5.74, 6) is 0.291. The number of ether oxygens (including phenoxy) is 1. The molecule has 0 bridgehead atoms. The standard InChI is InChI=1S/C19H20Cl2N2O2S/c1-4-11(2)13-7-5-6-8-16(13)22-19(26)23-18(24)12-9-14(20)17(25-3)15(21)10-12/h5-11H,4H2,1-3H3,(H2,22,23,24,26)/t11-/m0/s1. The van der Waals surface area contributed by atoms with Crippen LogP contribution < -0.4 is 15.4 Å². The van der Waals surface area contributed by atoms with Gasteiger partial charge in [-0.1, -0.05) is 55.2 Å². The molecule has 0 aliphatic rings. The number of hydrogen-bond donors (Lipinski definition) is 2. The molecule has 2 N–H and O–H groups in total. The number of amides is 1. The van der Waals surface area contributed by atoms with Crippen molar-refractivity contribution >= 4 is 52.1 Å². The van der Waals surface area contributed by atoms with Gasteiger partial charge in [0.1, 0.15) is 0 Å². The summed E-state index contributed by atoms with van der Waals surface area (Å²) < 4.78 is 5.08. The highest BCUT2D eigenvalue weighted by molar-refractivity contribution is 7.80. The monoisotopic (exact) mass is 410 g/mol. The van der Waals surface area contributed by atoms with Crippen molar-refractivity contribution in [3.05, 3.63) is 57.6 Å². The van der Waals surface area contributed by atoms with Crippen molar-refractivity contribution < 1.29 is 9.53 Å². The molecular weight excluding hydrogens is 391 g/mol. The number of methoxy groups -OCH3 is 1. The number of nitrogens with one attached hydrogen (secondary N) is 2. The number of carbonyl (C=O) groups excluding carboxylic acids is 1. The highest BCUT2D eigenvalue weighted by atomic mass is 35.5. The maximum atomic E-state index is 12.4. The van der Waals surface area contributed by atoms with Crippen LogP contribution >= 0.6 is 35.4 Å². The number of anilines is 1. The molecule has 0 saturated carbocycles. The number of thiocarbonyl (C=S) groups is 1. The lowest BCUT2D eigenvalue weighted by molar-refractivity contribution is 0.0977. The first kappa shape index (κ1) is 20.5. The van der Waals surface area contributed by atoms with Gasteiger partial charge in [-0.25, -0.2) is 0 Å². The summed E-state index contributed by atoms with van der Waals surface area (Å²) in [6.07, 6.45) is 1.00. The molecule has 0 aliphatic heterocycles. The molecule has 0 radical (unpaired) electrons. The molecule has 26 heavy (non-hydrogen) atoms. The number of para-hydroxylation sites is 1. The predicted octanol–water partition coefficient (Wildman–Crippen LogP) is 5.64. The van der Waals surface area contributed by atoms with Crippen LogP contribution in [0.3, 0.4) is 0 Å². The summed E-state index contributed by atoms with van der Waals surface area (Å²) >= 11 is 17.4. The zero-order chi connectivity index (χ0) is 19.3. The molecular formula is C19H20Cl2N2O2S. The molecule has 0 saturated heterocycles. The van der Waals surface area contributed by atoms with Crippen LogP contribution in [0.5, 0.6) is 5.75 Å². The minimum atomic E-state index is -0.407. The summed E-state index contributed by atoms with van der Waals surface area (Å²) in [6, 6.07) is 10.8. The first-order valence-corrected chi connectivity index (χ1v) is 9.28. The molecule has 7 heteroatoms. The lowest BCUT2D eigenvalue weighted by atomic mass is 9.97. The van der Waals surface area contributed by atoms with E-state index < -0.39 is 5.91 Å². The van der Waals surface area contributed by atoms with E-state index in [1.54, 1.807) is 0 Å². The Morgan fingerprint density at radius 3 is 2.42 bits per heavy atom. The molecule has 2 aromatic rings. The molecule has 0 unspecified atom stereocenters. The minimum Gasteiger partial charge on any atom is -0.494 e. The summed E-state index contributed by atoms with van der Waals surface area (Å²) in [7, 11) is 1.46. The van der Waals surface area contributed by atoms with Gasteiger partial charge in [0.25, 0.3) is 5.91 Å². The third-order valence-electron chi connectivity index (χ3n) is 4.04. The summed E-state index contributed by atoms with van der Waals surface area (Å²) in [5, 5.41) is 6.45. The molecule has 1 atom stereocenters. The number of carbonyl (C=O) groups is 1. The number of benzene rings is 2. The molecule has 2 rings (SSSR count). The molecule has 0 spiro atoms. The van der Waals surface area contributed by atoms with Crippen molar-refractivity contribution in [1.29, 1.82) is 0 Å². The molecule has 1 amide bonds. The second-order valence-electron chi connectivity index (χ2n) is 5.78. The van der Waals surface area contributed by atoms with Gasteiger partial charge in [-0.2, -0.15) is 0 Å². The molecule has 2 aromatic carbocycles. The Morgan fingerprint density at radius 2 is 1.85 bits per heavy atom. The van der Waals surface area contributed by atoms with Crippen LogP contribution in [0.2, 0.25) is 10.0 Å². The molecule has 0 fully saturated rings. The third kappa shape index (κ3) is 4.87. The lowest BCUT2D eigenvalue weighted by Crippen LogP contribution is -2.34. The van der Waals surface area contributed by atoms with Crippen molar-refractivity contribution in [1.82, 2.24) is 5.32 Å². The van der Waals surface area contributed by atoms with Gasteiger partial charge in [0.05, 0.1) is 17.2 Å². The van der Waals surface area contributed by atoms with Crippen LogP contribution in [0.15, 0.2) is 36.4 Å². The van der Waals surface area contributed by atoms with Crippen LogP contribution in [-0.4, -0.2) is 18.1 Å². The maximum absolute atomic E-state index is 12.4. The van der Waals surface area contributed by atoms with Crippen molar-refractivity contribution in [2.75, 3.05) is 12.4 Å². The van der Waals surface area contributed by atoms with E-state index >= 15 is 0 Å². The Bertz CT molecular complexity index is 804. The highest BCUT2D eigenvalue weighted by Gasteiger charge is 2.15. The SMILES string of the molecule is CC[C@H](C)c1ccccc1NC(=S)NC(=O)c1cc(Cl)c(OC)c(Cl)c1. The summed E-state index contributed by atoms with van der Waals surface area (Å²) in [5.41, 5.74) is 2.31. The largest absolute Gasteiger partial charge is 0.494 e. The Kier molecular flexibility index (Phi) is 7.26. The number of halogens is 2. The molecule has 138 valence electrons. The quantitative estimate of drug-likeness (QED) is 0.625. The fraction of sp³-hybridized carbons (Fsp3) is 0.263. The summed E-state index contributed by atoms with van der Waals surface area (Å²) in [6.45, 7) is 4.27. The minimum absolute atomic E-state index is 0.203. The van der Waals surface area contributed by atoms with E-state index in [1.807, 2.05) is 24.3 Å². The van der Waals surface area contributed by atoms with Crippen LogP contribution in [-0.2, 0) is 0 Å². The van der Waals surface area contributed by atoms with Crippen LogP contribution in [0.25, 0.3) is 0 Å². The van der Waals surface area contributed by atoms with E-state index in [4.69, 9.17) is 40.2 Å². The number of hydrogen-bond acceptors (Lipinski definition) is 3. The highest BCUT2D eigenvalue weighted by Crippen LogP contribution is 2.33. The Labute approximate surface area is 168 Å². The average Bonchev–Trinajstić information content (AvgIpc) is 2.61. The van der Waals surface area contributed by atoms with Crippen molar-refractivity contribution in [3.8, 4) is 5.75 Å². The van der Waals surface area contributed by atoms with Crippen LogP contribution in [0.4, 0.5) is 5.69 Å². The maximum Gasteiger partial charge on any atom is 0.257 e. The van der Waals surface area contributed by atoms with Gasteiger partial charge < -0.3 is 10.1 Å². The average molecular weight is 411 g/mol. The zero-order valence-electron chi connectivity index (χ0n) is 14.7. The van der Waals surface area contributed by atoms with Crippen LogP contribution in [0, 0.1) is 0 Å². The fourth-order valence-electron chi connectivity index (χ4n) is 2.48. The molecule has 0 heterocycles. The second kappa shape index (κ2) is 9.21. The summed E-state index contributed by atoms with van der Waals surface area (Å²) in [4.78, 5) is 12.4. The van der Waals surface area contributed by atoms with E-state index in [1.165, 1.54) is 19.2 Å². The van der Waals surface area contributed by atoms with E-state index in [2.05, 4.69) is 24.5 Å². The van der Waals surface area contributed by atoms with E-state index in [9.17, 15) is 4.79 Å². The van der Waals surface area contributed by atoms with Gasteiger partial charge in [-0.3, -0.25) is 10.1 Å². The van der Waals surface area contributed by atoms with Gasteiger partial charge in [0, 0.05) is 11.3 Å². The van der Waals surface area contributed by atoms with Crippen LogP contribution in [0.1, 0.15) is 42.1 Å². The molecule has 4 nitrogen and oxygen atoms in total. The van der Waals surface area contributed by atoms with E-state index in [-0.39, 0.29) is 15.2 Å². The van der Waals surface area contributed by atoms with Gasteiger partial charge in [-0.15, -0.1) is 0 Å². The molecule has 0 aliphatic carbocycles. The lowest BCUT2D eigenvalue weighted by Gasteiger charge is -2.17. The van der Waals surface area contributed by atoms with Gasteiger partial charge in [-0.05, 0) is 48.3 Å². The van der Waals surface area contributed by atoms with Gasteiger partial charge in [0.2, 0.25) is 0 Å². The Morgan fingerprint density at radius 1 is 1.23 bits per heavy atom. The smallest absolute Gasteiger partial charge is 0.257 e. The fourth-order valence-corrected chi connectivity index (χ4v) is 3.32. The first-order valence-electron chi connectivity index (χ1n) is 8.11.